The third-order valence-electron chi connectivity index (χ3n) is 3.10. The van der Waals surface area contributed by atoms with Gasteiger partial charge in [-0.15, -0.1) is 0 Å². The van der Waals surface area contributed by atoms with Gasteiger partial charge in [0.05, 0.1) is 6.10 Å². The molecule has 0 aromatic carbocycles. The lowest BCUT2D eigenvalue weighted by Crippen LogP contribution is -2.15. The summed E-state index contributed by atoms with van der Waals surface area (Å²) in [4.78, 5) is 0. The van der Waals surface area contributed by atoms with Crippen molar-refractivity contribution in [3.05, 3.63) is 11.1 Å². The topological polar surface area (TPSA) is 20.2 Å². The molecule has 76 valence electrons. The van der Waals surface area contributed by atoms with Gasteiger partial charge < -0.3 is 5.11 Å². The molecular weight excluding hydrogens is 160 g/mol. The summed E-state index contributed by atoms with van der Waals surface area (Å²) >= 11 is 0. The Bertz CT molecular complexity index is 182. The lowest BCUT2D eigenvalue weighted by molar-refractivity contribution is 0.188. The van der Waals surface area contributed by atoms with Gasteiger partial charge in [-0.25, -0.2) is 0 Å². The average molecular weight is 182 g/mol. The summed E-state index contributed by atoms with van der Waals surface area (Å²) in [7, 11) is 0. The number of hydrogen-bond donors (Lipinski definition) is 1. The number of aliphatic hydroxyl groups excluding tert-OH is 1. The lowest BCUT2D eigenvalue weighted by atomic mass is 9.87. The molecule has 1 atom stereocenters. The number of allylic oxidation sites excluding steroid dienone is 1. The molecule has 0 saturated carbocycles. The highest BCUT2D eigenvalue weighted by atomic mass is 16.3. The van der Waals surface area contributed by atoms with Crippen molar-refractivity contribution in [2.24, 2.45) is 0 Å². The number of hydrogen-bond acceptors (Lipinski definition) is 1. The van der Waals surface area contributed by atoms with E-state index in [9.17, 15) is 5.11 Å². The van der Waals surface area contributed by atoms with Crippen molar-refractivity contribution in [3.63, 3.8) is 0 Å². The molecule has 0 aromatic rings. The van der Waals surface area contributed by atoms with Crippen LogP contribution < -0.4 is 0 Å². The average Bonchev–Trinajstić information content (AvgIpc) is 2.13. The summed E-state index contributed by atoms with van der Waals surface area (Å²) in [5, 5.41) is 9.65. The van der Waals surface area contributed by atoms with Crippen molar-refractivity contribution in [1.82, 2.24) is 0 Å². The molecule has 0 heterocycles. The third kappa shape index (κ3) is 3.15. The highest BCUT2D eigenvalue weighted by Gasteiger charge is 2.16. The maximum Gasteiger partial charge on any atom is 0.0750 e. The van der Waals surface area contributed by atoms with Crippen LogP contribution in [0.5, 0.6) is 0 Å². The Labute approximate surface area is 81.9 Å². The molecule has 0 bridgehead atoms. The molecule has 1 aliphatic carbocycles. The van der Waals surface area contributed by atoms with Gasteiger partial charge in [-0.1, -0.05) is 25.3 Å². The molecule has 0 aromatic heterocycles. The van der Waals surface area contributed by atoms with Gasteiger partial charge in [0.1, 0.15) is 0 Å². The summed E-state index contributed by atoms with van der Waals surface area (Å²) in [5.41, 5.74) is 2.80. The largest absolute Gasteiger partial charge is 0.389 e. The fraction of sp³-hybridized carbons (Fsp3) is 0.833. The first-order valence-corrected chi connectivity index (χ1v) is 5.62. The van der Waals surface area contributed by atoms with Crippen molar-refractivity contribution in [1.29, 1.82) is 0 Å². The number of rotatable bonds is 4. The first-order valence-electron chi connectivity index (χ1n) is 5.62. The molecule has 13 heavy (non-hydrogen) atoms. The van der Waals surface area contributed by atoms with Crippen LogP contribution in [0.25, 0.3) is 0 Å². The smallest absolute Gasteiger partial charge is 0.0750 e. The van der Waals surface area contributed by atoms with Gasteiger partial charge in [-0.05, 0) is 44.6 Å². The molecule has 0 radical (unpaired) electrons. The molecule has 1 N–H and O–H groups in total. The molecule has 0 spiro atoms. The van der Waals surface area contributed by atoms with E-state index in [4.69, 9.17) is 0 Å². The zero-order valence-electron chi connectivity index (χ0n) is 8.97. The fourth-order valence-corrected chi connectivity index (χ4v) is 2.07. The zero-order chi connectivity index (χ0) is 9.68. The van der Waals surface area contributed by atoms with Crippen LogP contribution in [0, 0.1) is 0 Å². The second-order valence-electron chi connectivity index (χ2n) is 4.15. The molecule has 1 heteroatoms. The number of unbranched alkanes of at least 4 members (excludes halogenated alkanes) is 2. The van der Waals surface area contributed by atoms with Gasteiger partial charge in [-0.2, -0.15) is 0 Å². The standard InChI is InChI=1S/C12H22O/c1-3-4-5-7-11-8-6-9-12(13)10(11)2/h12-13H,3-9H2,1-2H3. The van der Waals surface area contributed by atoms with Gasteiger partial charge in [-0.3, -0.25) is 0 Å². The van der Waals surface area contributed by atoms with Crippen LogP contribution in [0.3, 0.4) is 0 Å². The van der Waals surface area contributed by atoms with Crippen LogP contribution >= 0.6 is 0 Å². The minimum absolute atomic E-state index is 0.134. The van der Waals surface area contributed by atoms with E-state index in [-0.39, 0.29) is 6.10 Å². The molecular formula is C12H22O. The Morgan fingerprint density at radius 2 is 2.15 bits per heavy atom. The van der Waals surface area contributed by atoms with Gasteiger partial charge in [0.15, 0.2) is 0 Å². The van der Waals surface area contributed by atoms with Crippen LogP contribution in [-0.2, 0) is 0 Å². The Morgan fingerprint density at radius 1 is 1.38 bits per heavy atom. The van der Waals surface area contributed by atoms with E-state index in [0.29, 0.717) is 0 Å². The van der Waals surface area contributed by atoms with E-state index in [0.717, 1.165) is 6.42 Å². The number of aliphatic hydroxyl groups is 1. The van der Waals surface area contributed by atoms with E-state index in [2.05, 4.69) is 13.8 Å². The highest BCUT2D eigenvalue weighted by Crippen LogP contribution is 2.28. The minimum atomic E-state index is -0.134. The predicted octanol–water partition coefficient (Wildman–Crippen LogP) is 3.43. The van der Waals surface area contributed by atoms with E-state index in [1.807, 2.05) is 0 Å². The SMILES string of the molecule is CCCCCC1=C(C)C(O)CCC1. The molecule has 1 rings (SSSR count). The van der Waals surface area contributed by atoms with Crippen LogP contribution in [0.2, 0.25) is 0 Å². The Balaban J connectivity index is 2.41. The monoisotopic (exact) mass is 182 g/mol. The van der Waals surface area contributed by atoms with E-state index in [1.54, 1.807) is 0 Å². The highest BCUT2D eigenvalue weighted by molar-refractivity contribution is 5.18. The Morgan fingerprint density at radius 3 is 2.85 bits per heavy atom. The minimum Gasteiger partial charge on any atom is -0.389 e. The van der Waals surface area contributed by atoms with Crippen molar-refractivity contribution in [2.75, 3.05) is 0 Å². The molecule has 1 nitrogen and oxygen atoms in total. The third-order valence-corrected chi connectivity index (χ3v) is 3.10. The molecule has 1 unspecified atom stereocenters. The van der Waals surface area contributed by atoms with E-state index in [1.165, 1.54) is 49.7 Å². The van der Waals surface area contributed by atoms with Crippen molar-refractivity contribution in [2.45, 2.75) is 64.9 Å². The van der Waals surface area contributed by atoms with Crippen molar-refractivity contribution < 1.29 is 5.11 Å². The second kappa shape index (κ2) is 5.43. The molecule has 0 amide bonds. The molecule has 0 saturated heterocycles. The quantitative estimate of drug-likeness (QED) is 0.521. The van der Waals surface area contributed by atoms with E-state index >= 15 is 0 Å². The Kier molecular flexibility index (Phi) is 4.51. The van der Waals surface area contributed by atoms with Gasteiger partial charge in [0.25, 0.3) is 0 Å². The van der Waals surface area contributed by atoms with Crippen LogP contribution in [0.1, 0.15) is 58.8 Å². The van der Waals surface area contributed by atoms with Crippen molar-refractivity contribution >= 4 is 0 Å². The summed E-state index contributed by atoms with van der Waals surface area (Å²) < 4.78 is 0. The van der Waals surface area contributed by atoms with Gasteiger partial charge in [0, 0.05) is 0 Å². The summed E-state index contributed by atoms with van der Waals surface area (Å²) in [5.74, 6) is 0. The first kappa shape index (κ1) is 10.8. The summed E-state index contributed by atoms with van der Waals surface area (Å²) in [6.07, 6.45) is 8.38. The van der Waals surface area contributed by atoms with Crippen LogP contribution in [-0.4, -0.2) is 11.2 Å². The molecule has 0 fully saturated rings. The maximum absolute atomic E-state index is 9.65. The van der Waals surface area contributed by atoms with Crippen LogP contribution in [0.4, 0.5) is 0 Å². The maximum atomic E-state index is 9.65. The Hall–Kier alpha value is -0.300. The molecule has 1 aliphatic rings. The lowest BCUT2D eigenvalue weighted by Gasteiger charge is -2.22. The van der Waals surface area contributed by atoms with E-state index < -0.39 is 0 Å². The predicted molar refractivity (Wildman–Crippen MR) is 56.7 cm³/mol. The first-order chi connectivity index (χ1) is 6.25. The summed E-state index contributed by atoms with van der Waals surface area (Å²) in [6.45, 7) is 4.34. The van der Waals surface area contributed by atoms with Crippen LogP contribution in [0.15, 0.2) is 11.1 Å². The normalized spacial score (nSPS) is 23.8. The van der Waals surface area contributed by atoms with Crippen molar-refractivity contribution in [3.8, 4) is 0 Å². The molecule has 0 aliphatic heterocycles. The van der Waals surface area contributed by atoms with Gasteiger partial charge in [0.2, 0.25) is 0 Å². The fourth-order valence-electron chi connectivity index (χ4n) is 2.07. The second-order valence-corrected chi connectivity index (χ2v) is 4.15. The van der Waals surface area contributed by atoms with Gasteiger partial charge >= 0.3 is 0 Å². The zero-order valence-corrected chi connectivity index (χ0v) is 8.97. The summed E-state index contributed by atoms with van der Waals surface area (Å²) in [6, 6.07) is 0.